The van der Waals surface area contributed by atoms with E-state index < -0.39 is 0 Å². The molecule has 0 aliphatic carbocycles. The highest BCUT2D eigenvalue weighted by molar-refractivity contribution is 5.77. The van der Waals surface area contributed by atoms with Crippen LogP contribution in [0.15, 0.2) is 18.2 Å². The molecule has 2 rings (SSSR count). The van der Waals surface area contributed by atoms with Crippen molar-refractivity contribution < 1.29 is 4.74 Å². The molecule has 0 saturated heterocycles. The molecule has 1 N–H and O–H groups in total. The number of likely N-dealkylation sites (N-methyl/N-ethyl adjacent to an activating group) is 1. The Morgan fingerprint density at radius 1 is 1.33 bits per heavy atom. The number of imidazole rings is 1. The summed E-state index contributed by atoms with van der Waals surface area (Å²) in [6.07, 6.45) is 0.957. The Kier molecular flexibility index (Phi) is 4.20. The second kappa shape index (κ2) is 5.87. The summed E-state index contributed by atoms with van der Waals surface area (Å²) in [5, 5.41) is 3.34. The quantitative estimate of drug-likeness (QED) is 0.796. The van der Waals surface area contributed by atoms with Crippen LogP contribution in [0.3, 0.4) is 0 Å². The topological polar surface area (TPSA) is 39.1 Å². The predicted octanol–water partition coefficient (Wildman–Crippen LogP) is 2.22. The SMILES string of the molecule is CCNCCc1nc2cc(OC)ccc2n1CC. The molecule has 2 aromatic rings. The predicted molar refractivity (Wildman–Crippen MR) is 74.2 cm³/mol. The number of ether oxygens (including phenoxy) is 1. The van der Waals surface area contributed by atoms with E-state index in [1.807, 2.05) is 12.1 Å². The van der Waals surface area contributed by atoms with Gasteiger partial charge in [0.2, 0.25) is 0 Å². The summed E-state index contributed by atoms with van der Waals surface area (Å²) in [5.41, 5.74) is 2.20. The minimum atomic E-state index is 0.862. The number of nitrogens with zero attached hydrogens (tertiary/aromatic N) is 2. The zero-order valence-corrected chi connectivity index (χ0v) is 11.4. The zero-order valence-electron chi connectivity index (χ0n) is 11.4. The lowest BCUT2D eigenvalue weighted by Crippen LogP contribution is -2.18. The van der Waals surface area contributed by atoms with Gasteiger partial charge in [-0.2, -0.15) is 0 Å². The smallest absolute Gasteiger partial charge is 0.121 e. The number of methoxy groups -OCH3 is 1. The highest BCUT2D eigenvalue weighted by Crippen LogP contribution is 2.21. The van der Waals surface area contributed by atoms with Crippen molar-refractivity contribution in [3.05, 3.63) is 24.0 Å². The number of fused-ring (bicyclic) bond motifs is 1. The van der Waals surface area contributed by atoms with E-state index in [9.17, 15) is 0 Å². The van der Waals surface area contributed by atoms with Gasteiger partial charge in [0, 0.05) is 25.6 Å². The van der Waals surface area contributed by atoms with Gasteiger partial charge >= 0.3 is 0 Å². The van der Waals surface area contributed by atoms with E-state index in [0.29, 0.717) is 0 Å². The summed E-state index contributed by atoms with van der Waals surface area (Å²) in [7, 11) is 1.68. The fourth-order valence-electron chi connectivity index (χ4n) is 2.21. The van der Waals surface area contributed by atoms with E-state index in [1.54, 1.807) is 7.11 Å². The van der Waals surface area contributed by atoms with Gasteiger partial charge in [0.15, 0.2) is 0 Å². The van der Waals surface area contributed by atoms with Crippen LogP contribution in [-0.2, 0) is 13.0 Å². The van der Waals surface area contributed by atoms with Gasteiger partial charge in [0.05, 0.1) is 18.1 Å². The Balaban J connectivity index is 2.34. The molecule has 0 saturated carbocycles. The average molecular weight is 247 g/mol. The minimum Gasteiger partial charge on any atom is -0.497 e. The second-order valence-corrected chi connectivity index (χ2v) is 4.23. The largest absolute Gasteiger partial charge is 0.497 e. The van der Waals surface area contributed by atoms with Gasteiger partial charge in [-0.05, 0) is 25.6 Å². The Morgan fingerprint density at radius 3 is 2.83 bits per heavy atom. The summed E-state index contributed by atoms with van der Waals surface area (Å²) in [6.45, 7) is 7.19. The Bertz CT molecular complexity index is 519. The van der Waals surface area contributed by atoms with E-state index in [-0.39, 0.29) is 0 Å². The van der Waals surface area contributed by atoms with Crippen LogP contribution in [0, 0.1) is 0 Å². The second-order valence-electron chi connectivity index (χ2n) is 4.23. The van der Waals surface area contributed by atoms with Crippen LogP contribution in [0.5, 0.6) is 5.75 Å². The molecule has 0 fully saturated rings. The molecule has 1 heterocycles. The Labute approximate surface area is 108 Å². The van der Waals surface area contributed by atoms with E-state index in [0.717, 1.165) is 43.1 Å². The van der Waals surface area contributed by atoms with E-state index in [4.69, 9.17) is 9.72 Å². The highest BCUT2D eigenvalue weighted by Gasteiger charge is 2.09. The van der Waals surface area contributed by atoms with Crippen molar-refractivity contribution in [1.82, 2.24) is 14.9 Å². The summed E-state index contributed by atoms with van der Waals surface area (Å²) >= 11 is 0. The van der Waals surface area contributed by atoms with Crippen LogP contribution >= 0.6 is 0 Å². The van der Waals surface area contributed by atoms with Crippen molar-refractivity contribution >= 4 is 11.0 Å². The van der Waals surface area contributed by atoms with Crippen LogP contribution < -0.4 is 10.1 Å². The first-order chi connectivity index (χ1) is 8.80. The van der Waals surface area contributed by atoms with E-state index in [1.165, 1.54) is 5.52 Å². The first kappa shape index (κ1) is 12.9. The number of rotatable bonds is 6. The third-order valence-electron chi connectivity index (χ3n) is 3.13. The van der Waals surface area contributed by atoms with Gasteiger partial charge in [-0.1, -0.05) is 6.92 Å². The van der Waals surface area contributed by atoms with Crippen LogP contribution in [0.4, 0.5) is 0 Å². The monoisotopic (exact) mass is 247 g/mol. The first-order valence-corrected chi connectivity index (χ1v) is 6.54. The molecular formula is C14H21N3O. The number of hydrogen-bond donors (Lipinski definition) is 1. The summed E-state index contributed by atoms with van der Waals surface area (Å²) < 4.78 is 7.51. The Hall–Kier alpha value is -1.55. The zero-order chi connectivity index (χ0) is 13.0. The van der Waals surface area contributed by atoms with Crippen molar-refractivity contribution in [2.24, 2.45) is 0 Å². The summed E-state index contributed by atoms with van der Waals surface area (Å²) in [5.74, 6) is 2.00. The van der Waals surface area contributed by atoms with Crippen molar-refractivity contribution in [3.63, 3.8) is 0 Å². The molecule has 18 heavy (non-hydrogen) atoms. The molecule has 0 bridgehead atoms. The molecule has 98 valence electrons. The lowest BCUT2D eigenvalue weighted by atomic mass is 10.3. The van der Waals surface area contributed by atoms with Crippen molar-refractivity contribution in [3.8, 4) is 5.75 Å². The molecule has 0 radical (unpaired) electrons. The van der Waals surface area contributed by atoms with Crippen LogP contribution in [0.1, 0.15) is 19.7 Å². The van der Waals surface area contributed by atoms with Crippen molar-refractivity contribution in [2.75, 3.05) is 20.2 Å². The van der Waals surface area contributed by atoms with Crippen molar-refractivity contribution in [2.45, 2.75) is 26.8 Å². The lowest BCUT2D eigenvalue weighted by Gasteiger charge is -2.06. The van der Waals surface area contributed by atoms with Crippen LogP contribution in [0.25, 0.3) is 11.0 Å². The average Bonchev–Trinajstić information content (AvgIpc) is 2.75. The standard InChI is InChI=1S/C14H21N3O/c1-4-15-9-8-14-16-12-10-11(18-3)6-7-13(12)17(14)5-2/h6-7,10,15H,4-5,8-9H2,1-3H3. The van der Waals surface area contributed by atoms with Gasteiger partial charge in [0.25, 0.3) is 0 Å². The molecule has 0 aliphatic heterocycles. The molecular weight excluding hydrogens is 226 g/mol. The number of hydrogen-bond acceptors (Lipinski definition) is 3. The molecule has 1 aromatic heterocycles. The lowest BCUT2D eigenvalue weighted by molar-refractivity contribution is 0.415. The Morgan fingerprint density at radius 2 is 2.17 bits per heavy atom. The number of aryl methyl sites for hydroxylation is 1. The fourth-order valence-corrected chi connectivity index (χ4v) is 2.21. The molecule has 0 aliphatic rings. The van der Waals surface area contributed by atoms with Crippen molar-refractivity contribution in [1.29, 1.82) is 0 Å². The maximum atomic E-state index is 5.24. The van der Waals surface area contributed by atoms with Gasteiger partial charge in [-0.25, -0.2) is 4.98 Å². The normalized spacial score (nSPS) is 11.1. The molecule has 1 aromatic carbocycles. The third-order valence-corrected chi connectivity index (χ3v) is 3.13. The molecule has 0 amide bonds. The van der Waals surface area contributed by atoms with Crippen LogP contribution in [-0.4, -0.2) is 29.8 Å². The molecule has 4 heteroatoms. The number of benzene rings is 1. The molecule has 4 nitrogen and oxygen atoms in total. The summed E-state index contributed by atoms with van der Waals surface area (Å²) in [6, 6.07) is 6.07. The fraction of sp³-hybridized carbons (Fsp3) is 0.500. The van der Waals surface area contributed by atoms with Gasteiger partial charge in [-0.15, -0.1) is 0 Å². The third kappa shape index (κ3) is 2.48. The summed E-state index contributed by atoms with van der Waals surface area (Å²) in [4.78, 5) is 4.71. The minimum absolute atomic E-state index is 0.862. The van der Waals surface area contributed by atoms with E-state index in [2.05, 4.69) is 29.8 Å². The van der Waals surface area contributed by atoms with Gasteiger partial charge < -0.3 is 14.6 Å². The van der Waals surface area contributed by atoms with Gasteiger partial charge in [0.1, 0.15) is 11.6 Å². The maximum Gasteiger partial charge on any atom is 0.121 e. The molecule has 0 spiro atoms. The van der Waals surface area contributed by atoms with E-state index >= 15 is 0 Å². The van der Waals surface area contributed by atoms with Gasteiger partial charge in [-0.3, -0.25) is 0 Å². The maximum absolute atomic E-state index is 5.24. The highest BCUT2D eigenvalue weighted by atomic mass is 16.5. The number of aromatic nitrogens is 2. The van der Waals surface area contributed by atoms with Crippen LogP contribution in [0.2, 0.25) is 0 Å². The molecule has 0 atom stereocenters. The molecule has 0 unspecified atom stereocenters. The number of nitrogens with one attached hydrogen (secondary N) is 1. The first-order valence-electron chi connectivity index (χ1n) is 6.54.